The smallest absolute Gasteiger partial charge is 0.257 e. The van der Waals surface area contributed by atoms with Crippen LogP contribution in [0.15, 0.2) is 22.7 Å². The Morgan fingerprint density at radius 3 is 2.62 bits per heavy atom. The zero-order valence-electron chi connectivity index (χ0n) is 12.4. The van der Waals surface area contributed by atoms with E-state index in [0.717, 1.165) is 27.1 Å². The number of halogens is 1. The molecule has 110 valence electrons. The SMILES string of the molecule is Cc1nn(C)c(C)c1C1Nc2ccc(Br)cc2C(=O)N1C. The lowest BCUT2D eigenvalue weighted by atomic mass is 10.0. The van der Waals surface area contributed by atoms with Crippen LogP contribution in [0.2, 0.25) is 0 Å². The van der Waals surface area contributed by atoms with Crippen molar-refractivity contribution >= 4 is 27.5 Å². The summed E-state index contributed by atoms with van der Waals surface area (Å²) >= 11 is 3.41. The molecule has 2 aromatic rings. The van der Waals surface area contributed by atoms with Gasteiger partial charge in [0.2, 0.25) is 0 Å². The summed E-state index contributed by atoms with van der Waals surface area (Å²) in [4.78, 5) is 14.3. The Hall–Kier alpha value is -1.82. The van der Waals surface area contributed by atoms with Gasteiger partial charge in [0.15, 0.2) is 0 Å². The van der Waals surface area contributed by atoms with Crippen molar-refractivity contribution in [1.82, 2.24) is 14.7 Å². The molecule has 0 saturated heterocycles. The molecule has 1 aliphatic heterocycles. The number of nitrogens with one attached hydrogen (secondary N) is 1. The van der Waals surface area contributed by atoms with E-state index in [1.165, 1.54) is 0 Å². The molecule has 0 aliphatic carbocycles. The normalized spacial score (nSPS) is 17.7. The van der Waals surface area contributed by atoms with Gasteiger partial charge in [-0.15, -0.1) is 0 Å². The van der Waals surface area contributed by atoms with Crippen molar-refractivity contribution in [2.75, 3.05) is 12.4 Å². The molecule has 0 fully saturated rings. The van der Waals surface area contributed by atoms with E-state index in [2.05, 4.69) is 26.3 Å². The highest BCUT2D eigenvalue weighted by Gasteiger charge is 2.33. The molecule has 1 N–H and O–H groups in total. The van der Waals surface area contributed by atoms with Crippen molar-refractivity contribution in [3.8, 4) is 0 Å². The molecule has 0 bridgehead atoms. The van der Waals surface area contributed by atoms with E-state index in [4.69, 9.17) is 0 Å². The van der Waals surface area contributed by atoms with Crippen molar-refractivity contribution in [2.45, 2.75) is 20.0 Å². The molecule has 0 saturated carbocycles. The number of hydrogen-bond acceptors (Lipinski definition) is 3. The van der Waals surface area contributed by atoms with Gasteiger partial charge in [0.25, 0.3) is 5.91 Å². The topological polar surface area (TPSA) is 50.2 Å². The van der Waals surface area contributed by atoms with Gasteiger partial charge in [-0.2, -0.15) is 5.10 Å². The fraction of sp³-hybridized carbons (Fsp3) is 0.333. The van der Waals surface area contributed by atoms with E-state index in [1.807, 2.05) is 50.8 Å². The Bertz CT molecular complexity index is 738. The minimum Gasteiger partial charge on any atom is -0.361 e. The molecule has 1 aromatic carbocycles. The molecule has 21 heavy (non-hydrogen) atoms. The Balaban J connectivity index is 2.10. The Morgan fingerprint density at radius 2 is 2.00 bits per heavy atom. The lowest BCUT2D eigenvalue weighted by Crippen LogP contribution is -2.40. The first-order valence-corrected chi connectivity index (χ1v) is 7.52. The summed E-state index contributed by atoms with van der Waals surface area (Å²) in [7, 11) is 3.73. The fourth-order valence-corrected chi connectivity index (χ4v) is 3.18. The molecule has 1 unspecified atom stereocenters. The monoisotopic (exact) mass is 348 g/mol. The first-order chi connectivity index (χ1) is 9.90. The van der Waals surface area contributed by atoms with Crippen LogP contribution in [0.4, 0.5) is 5.69 Å². The maximum absolute atomic E-state index is 12.6. The Labute approximate surface area is 132 Å². The van der Waals surface area contributed by atoms with Crippen LogP contribution in [0.1, 0.15) is 33.5 Å². The van der Waals surface area contributed by atoms with Crippen LogP contribution < -0.4 is 5.32 Å². The van der Waals surface area contributed by atoms with E-state index in [0.29, 0.717) is 5.56 Å². The lowest BCUT2D eigenvalue weighted by molar-refractivity contribution is 0.0734. The summed E-state index contributed by atoms with van der Waals surface area (Å²) in [6, 6.07) is 5.71. The van der Waals surface area contributed by atoms with Crippen molar-refractivity contribution in [1.29, 1.82) is 0 Å². The number of benzene rings is 1. The molecule has 3 rings (SSSR count). The number of carbonyl (C=O) groups excluding carboxylic acids is 1. The van der Waals surface area contributed by atoms with Crippen molar-refractivity contribution in [3.63, 3.8) is 0 Å². The quantitative estimate of drug-likeness (QED) is 0.861. The first-order valence-electron chi connectivity index (χ1n) is 6.73. The van der Waals surface area contributed by atoms with Gasteiger partial charge in [-0.05, 0) is 32.0 Å². The summed E-state index contributed by atoms with van der Waals surface area (Å²) in [6.07, 6.45) is -0.195. The average Bonchev–Trinajstić information content (AvgIpc) is 2.69. The minimum absolute atomic E-state index is 0.0118. The van der Waals surface area contributed by atoms with Crippen LogP contribution in [0, 0.1) is 13.8 Å². The molecule has 6 heteroatoms. The molecule has 0 spiro atoms. The number of rotatable bonds is 1. The number of nitrogens with zero attached hydrogens (tertiary/aromatic N) is 3. The number of aryl methyl sites for hydroxylation is 2. The fourth-order valence-electron chi connectivity index (χ4n) is 2.82. The van der Waals surface area contributed by atoms with E-state index < -0.39 is 0 Å². The van der Waals surface area contributed by atoms with E-state index in [9.17, 15) is 4.79 Å². The number of hydrogen-bond donors (Lipinski definition) is 1. The van der Waals surface area contributed by atoms with Gasteiger partial charge in [0.1, 0.15) is 6.17 Å². The van der Waals surface area contributed by atoms with Gasteiger partial charge in [-0.3, -0.25) is 9.48 Å². The summed E-state index contributed by atoms with van der Waals surface area (Å²) in [5, 5.41) is 7.89. The summed E-state index contributed by atoms with van der Waals surface area (Å²) in [5.74, 6) is 0.0118. The summed E-state index contributed by atoms with van der Waals surface area (Å²) < 4.78 is 2.75. The van der Waals surface area contributed by atoms with E-state index in [-0.39, 0.29) is 12.1 Å². The molecular formula is C15H17BrN4O. The molecule has 1 aromatic heterocycles. The number of amides is 1. The summed E-state index contributed by atoms with van der Waals surface area (Å²) in [6.45, 7) is 3.99. The number of carbonyl (C=O) groups is 1. The molecule has 0 radical (unpaired) electrons. The zero-order chi connectivity index (χ0) is 15.3. The Kier molecular flexibility index (Phi) is 3.28. The largest absolute Gasteiger partial charge is 0.361 e. The molecule has 1 aliphatic rings. The Morgan fingerprint density at radius 1 is 1.29 bits per heavy atom. The second-order valence-corrected chi connectivity index (χ2v) is 6.28. The lowest BCUT2D eigenvalue weighted by Gasteiger charge is -2.35. The average molecular weight is 349 g/mol. The van der Waals surface area contributed by atoms with Crippen molar-refractivity contribution in [3.05, 3.63) is 45.2 Å². The third-order valence-electron chi connectivity index (χ3n) is 4.05. The van der Waals surface area contributed by atoms with Gasteiger partial charge in [-0.25, -0.2) is 0 Å². The van der Waals surface area contributed by atoms with Gasteiger partial charge in [0, 0.05) is 35.5 Å². The highest BCUT2D eigenvalue weighted by Crippen LogP contribution is 2.35. The van der Waals surface area contributed by atoms with Crippen LogP contribution in [-0.2, 0) is 7.05 Å². The zero-order valence-corrected chi connectivity index (χ0v) is 14.0. The van der Waals surface area contributed by atoms with Crippen LogP contribution in [-0.4, -0.2) is 27.6 Å². The highest BCUT2D eigenvalue weighted by atomic mass is 79.9. The van der Waals surface area contributed by atoms with Gasteiger partial charge in [0.05, 0.1) is 11.3 Å². The number of aromatic nitrogens is 2. The van der Waals surface area contributed by atoms with E-state index in [1.54, 1.807) is 4.90 Å². The second kappa shape index (κ2) is 4.87. The summed E-state index contributed by atoms with van der Waals surface area (Å²) in [5.41, 5.74) is 4.59. The van der Waals surface area contributed by atoms with Crippen LogP contribution in [0.5, 0.6) is 0 Å². The third kappa shape index (κ3) is 2.14. The number of fused-ring (bicyclic) bond motifs is 1. The maximum atomic E-state index is 12.6. The predicted octanol–water partition coefficient (Wildman–Crippen LogP) is 3.00. The second-order valence-electron chi connectivity index (χ2n) is 5.36. The molecule has 2 heterocycles. The third-order valence-corrected chi connectivity index (χ3v) is 4.54. The maximum Gasteiger partial charge on any atom is 0.257 e. The molecule has 1 amide bonds. The molecule has 5 nitrogen and oxygen atoms in total. The predicted molar refractivity (Wildman–Crippen MR) is 85.3 cm³/mol. The van der Waals surface area contributed by atoms with Gasteiger partial charge < -0.3 is 10.2 Å². The minimum atomic E-state index is -0.195. The van der Waals surface area contributed by atoms with Gasteiger partial charge in [-0.1, -0.05) is 15.9 Å². The van der Waals surface area contributed by atoms with Crippen LogP contribution in [0.25, 0.3) is 0 Å². The van der Waals surface area contributed by atoms with Crippen LogP contribution in [0.3, 0.4) is 0 Å². The van der Waals surface area contributed by atoms with Gasteiger partial charge >= 0.3 is 0 Å². The van der Waals surface area contributed by atoms with Crippen LogP contribution >= 0.6 is 15.9 Å². The number of anilines is 1. The van der Waals surface area contributed by atoms with Crippen molar-refractivity contribution in [2.24, 2.45) is 7.05 Å². The molecular weight excluding hydrogens is 332 g/mol. The standard InChI is InChI=1S/C15H17BrN4O/c1-8-13(9(2)20(4)18-8)14-17-12-6-5-10(16)7-11(12)15(21)19(14)3/h5-7,14,17H,1-4H3. The first kappa shape index (κ1) is 14.1. The molecule has 1 atom stereocenters. The highest BCUT2D eigenvalue weighted by molar-refractivity contribution is 9.10. The van der Waals surface area contributed by atoms with E-state index >= 15 is 0 Å². The van der Waals surface area contributed by atoms with Crippen molar-refractivity contribution < 1.29 is 4.79 Å².